The van der Waals surface area contributed by atoms with Crippen LogP contribution in [0.25, 0.3) is 0 Å². The minimum absolute atomic E-state index is 0.108. The molecule has 94 valence electrons. The van der Waals surface area contributed by atoms with E-state index in [4.69, 9.17) is 5.11 Å². The summed E-state index contributed by atoms with van der Waals surface area (Å²) < 4.78 is 1.79. The number of carbonyl (C=O) groups is 1. The first kappa shape index (κ1) is 12.0. The number of aromatic carboxylic acids is 1. The molecule has 0 aliphatic heterocycles. The highest BCUT2D eigenvalue weighted by molar-refractivity contribution is 5.85. The molecule has 0 bridgehead atoms. The zero-order chi connectivity index (χ0) is 13.1. The maximum Gasteiger partial charge on any atom is 0.356 e. The van der Waals surface area contributed by atoms with E-state index < -0.39 is 5.97 Å². The van der Waals surface area contributed by atoms with Crippen molar-refractivity contribution in [2.24, 2.45) is 0 Å². The Labute approximate surface area is 104 Å². The molecule has 0 aliphatic rings. The minimum Gasteiger partial charge on any atom is -0.476 e. The quantitative estimate of drug-likeness (QED) is 0.854. The van der Waals surface area contributed by atoms with E-state index in [0.717, 1.165) is 0 Å². The first-order chi connectivity index (χ1) is 8.56. The molecule has 2 aromatic heterocycles. The number of carboxylic acid groups (broad SMARTS) is 1. The first-order valence-corrected chi connectivity index (χ1v) is 5.44. The van der Waals surface area contributed by atoms with Crippen LogP contribution in [0.4, 0.5) is 11.6 Å². The fourth-order valence-electron chi connectivity index (χ4n) is 1.35. The Balaban J connectivity index is 2.17. The van der Waals surface area contributed by atoms with Gasteiger partial charge in [0.2, 0.25) is 0 Å². The molecule has 2 heterocycles. The smallest absolute Gasteiger partial charge is 0.356 e. The molecule has 7 heteroatoms. The Morgan fingerprint density at radius 2 is 2.17 bits per heavy atom. The van der Waals surface area contributed by atoms with Crippen LogP contribution < -0.4 is 5.32 Å². The van der Waals surface area contributed by atoms with Crippen molar-refractivity contribution in [1.29, 1.82) is 0 Å². The second-order valence-corrected chi connectivity index (χ2v) is 3.99. The molecule has 0 atom stereocenters. The van der Waals surface area contributed by atoms with Crippen LogP contribution in [0, 0.1) is 0 Å². The van der Waals surface area contributed by atoms with Gasteiger partial charge in [0.1, 0.15) is 0 Å². The van der Waals surface area contributed by atoms with E-state index in [9.17, 15) is 4.79 Å². The van der Waals surface area contributed by atoms with Gasteiger partial charge >= 0.3 is 5.97 Å². The van der Waals surface area contributed by atoms with Crippen LogP contribution in [0.3, 0.4) is 0 Å². The van der Waals surface area contributed by atoms with Crippen molar-refractivity contribution < 1.29 is 9.90 Å². The maximum absolute atomic E-state index is 10.7. The fourth-order valence-corrected chi connectivity index (χ4v) is 1.35. The number of carboxylic acids is 1. The Morgan fingerprint density at radius 1 is 1.39 bits per heavy atom. The minimum atomic E-state index is -1.11. The summed E-state index contributed by atoms with van der Waals surface area (Å²) >= 11 is 0. The van der Waals surface area contributed by atoms with Gasteiger partial charge in [0.05, 0.1) is 12.4 Å². The van der Waals surface area contributed by atoms with E-state index in [-0.39, 0.29) is 11.7 Å². The summed E-state index contributed by atoms with van der Waals surface area (Å²) in [5.74, 6) is -0.164. The third kappa shape index (κ3) is 2.62. The highest BCUT2D eigenvalue weighted by Gasteiger charge is 2.07. The predicted molar refractivity (Wildman–Crippen MR) is 64.9 cm³/mol. The average Bonchev–Trinajstić information content (AvgIpc) is 2.78. The Morgan fingerprint density at radius 3 is 2.78 bits per heavy atom. The van der Waals surface area contributed by atoms with Crippen molar-refractivity contribution in [3.05, 3.63) is 30.4 Å². The lowest BCUT2D eigenvalue weighted by atomic mass is 10.4. The van der Waals surface area contributed by atoms with E-state index in [0.29, 0.717) is 11.6 Å². The number of rotatable bonds is 4. The number of aromatic nitrogens is 4. The largest absolute Gasteiger partial charge is 0.476 e. The van der Waals surface area contributed by atoms with Gasteiger partial charge in [-0.2, -0.15) is 5.10 Å². The zero-order valence-corrected chi connectivity index (χ0v) is 10.0. The van der Waals surface area contributed by atoms with Crippen LogP contribution >= 0.6 is 0 Å². The lowest BCUT2D eigenvalue weighted by Crippen LogP contribution is -2.05. The molecule has 0 saturated heterocycles. The van der Waals surface area contributed by atoms with Gasteiger partial charge in [0.15, 0.2) is 17.3 Å². The lowest BCUT2D eigenvalue weighted by Gasteiger charge is -2.05. The molecule has 7 nitrogen and oxygen atoms in total. The molecule has 0 fully saturated rings. The summed E-state index contributed by atoms with van der Waals surface area (Å²) in [5, 5.41) is 16.0. The standard InChI is InChI=1S/C11H13N5O2/c1-7(2)16-4-3-9(15-16)14-10-6-12-5-8(13-10)11(17)18/h3-7H,1-2H3,(H,17,18)(H,13,14,15). The summed E-state index contributed by atoms with van der Waals surface area (Å²) in [7, 11) is 0. The van der Waals surface area contributed by atoms with Crippen LogP contribution in [-0.2, 0) is 0 Å². The summed E-state index contributed by atoms with van der Waals surface area (Å²) in [4.78, 5) is 18.5. The number of hydrogen-bond donors (Lipinski definition) is 2. The molecule has 0 aliphatic carbocycles. The molecule has 0 aromatic carbocycles. The summed E-state index contributed by atoms with van der Waals surface area (Å²) in [5.41, 5.74) is -0.108. The van der Waals surface area contributed by atoms with E-state index in [1.165, 1.54) is 12.4 Å². The van der Waals surface area contributed by atoms with Gasteiger partial charge in [-0.25, -0.2) is 9.78 Å². The molecule has 0 amide bonds. The van der Waals surface area contributed by atoms with Crippen LogP contribution in [0.15, 0.2) is 24.7 Å². The van der Waals surface area contributed by atoms with Crippen molar-refractivity contribution in [3.63, 3.8) is 0 Å². The van der Waals surface area contributed by atoms with E-state index in [1.54, 1.807) is 10.7 Å². The van der Waals surface area contributed by atoms with Crippen LogP contribution in [-0.4, -0.2) is 30.8 Å². The summed E-state index contributed by atoms with van der Waals surface area (Å²) in [6.45, 7) is 4.03. The maximum atomic E-state index is 10.7. The first-order valence-electron chi connectivity index (χ1n) is 5.44. The van der Waals surface area contributed by atoms with Crippen molar-refractivity contribution >= 4 is 17.6 Å². The van der Waals surface area contributed by atoms with Crippen molar-refractivity contribution in [1.82, 2.24) is 19.7 Å². The van der Waals surface area contributed by atoms with Gasteiger partial charge in [0.25, 0.3) is 0 Å². The summed E-state index contributed by atoms with van der Waals surface area (Å²) in [6, 6.07) is 2.05. The lowest BCUT2D eigenvalue weighted by molar-refractivity contribution is 0.0690. The van der Waals surface area contributed by atoms with E-state index in [1.807, 2.05) is 20.0 Å². The van der Waals surface area contributed by atoms with Gasteiger partial charge < -0.3 is 10.4 Å². The summed E-state index contributed by atoms with van der Waals surface area (Å²) in [6.07, 6.45) is 4.47. The zero-order valence-electron chi connectivity index (χ0n) is 10.0. The predicted octanol–water partition coefficient (Wildman–Crippen LogP) is 1.70. The van der Waals surface area contributed by atoms with E-state index in [2.05, 4.69) is 20.4 Å². The average molecular weight is 247 g/mol. The van der Waals surface area contributed by atoms with Gasteiger partial charge in [-0.15, -0.1) is 0 Å². The number of anilines is 2. The van der Waals surface area contributed by atoms with Crippen molar-refractivity contribution in [2.45, 2.75) is 19.9 Å². The van der Waals surface area contributed by atoms with Crippen LogP contribution in [0.2, 0.25) is 0 Å². The topological polar surface area (TPSA) is 92.9 Å². The van der Waals surface area contributed by atoms with Gasteiger partial charge in [-0.05, 0) is 13.8 Å². The second kappa shape index (κ2) is 4.82. The van der Waals surface area contributed by atoms with E-state index >= 15 is 0 Å². The molecular formula is C11H13N5O2. The van der Waals surface area contributed by atoms with Crippen molar-refractivity contribution in [2.75, 3.05) is 5.32 Å². The van der Waals surface area contributed by atoms with Crippen molar-refractivity contribution in [3.8, 4) is 0 Å². The van der Waals surface area contributed by atoms with Gasteiger partial charge in [-0.1, -0.05) is 0 Å². The number of nitrogens with zero attached hydrogens (tertiary/aromatic N) is 4. The molecule has 2 aromatic rings. The molecule has 0 spiro atoms. The molecular weight excluding hydrogens is 234 g/mol. The number of nitrogens with one attached hydrogen (secondary N) is 1. The van der Waals surface area contributed by atoms with Crippen LogP contribution in [0.5, 0.6) is 0 Å². The van der Waals surface area contributed by atoms with Gasteiger partial charge in [0, 0.05) is 18.3 Å². The Hall–Kier alpha value is -2.44. The number of hydrogen-bond acceptors (Lipinski definition) is 5. The molecule has 18 heavy (non-hydrogen) atoms. The SMILES string of the molecule is CC(C)n1ccc(Nc2cncc(C(=O)O)n2)n1. The fraction of sp³-hybridized carbons (Fsp3) is 0.273. The third-order valence-corrected chi connectivity index (χ3v) is 2.25. The monoisotopic (exact) mass is 247 g/mol. The molecule has 0 radical (unpaired) electrons. The third-order valence-electron chi connectivity index (χ3n) is 2.25. The Kier molecular flexibility index (Phi) is 3.22. The highest BCUT2D eigenvalue weighted by Crippen LogP contribution is 2.13. The molecule has 2 N–H and O–H groups in total. The molecule has 0 saturated carbocycles. The second-order valence-electron chi connectivity index (χ2n) is 3.99. The van der Waals surface area contributed by atoms with Crippen LogP contribution in [0.1, 0.15) is 30.4 Å². The normalized spacial score (nSPS) is 10.6. The molecule has 0 unspecified atom stereocenters. The van der Waals surface area contributed by atoms with Gasteiger partial charge in [-0.3, -0.25) is 9.67 Å². The Bertz CT molecular complexity index is 564. The molecule has 2 rings (SSSR count). The highest BCUT2D eigenvalue weighted by atomic mass is 16.4.